The molecule has 30 heavy (non-hydrogen) atoms. The molecule has 0 saturated carbocycles. The molecular weight excluding hydrogens is 378 g/mol. The molecule has 1 aromatic heterocycles. The summed E-state index contributed by atoms with van der Waals surface area (Å²) in [5.74, 6) is 0.0105. The van der Waals surface area contributed by atoms with Crippen molar-refractivity contribution in [3.63, 3.8) is 0 Å². The topological polar surface area (TPSA) is 73.2 Å². The molecule has 0 radical (unpaired) electrons. The lowest BCUT2D eigenvalue weighted by molar-refractivity contribution is -0.142. The second kappa shape index (κ2) is 10.4. The van der Waals surface area contributed by atoms with Gasteiger partial charge in [0.05, 0.1) is 11.4 Å². The van der Waals surface area contributed by atoms with E-state index in [1.807, 2.05) is 53.2 Å². The Labute approximate surface area is 176 Å². The fourth-order valence-corrected chi connectivity index (χ4v) is 3.30. The Kier molecular flexibility index (Phi) is 7.38. The molecule has 1 amide bonds. The standard InChI is InChI=1S/C24H27N3O3/c1-3-5-10-18-11-9-12-19(15-18)21-16-23(25-24(29)22(4-2)30-17-28)26-27(21)20-13-7-6-8-14-20/h6-9,11-17,22H,3-5,10H2,1-2H3,(H,25,26,29)/t22-/m1/s1. The van der Waals surface area contributed by atoms with Crippen molar-refractivity contribution in [2.24, 2.45) is 0 Å². The number of carbonyl (C=O) groups excluding carboxylic acids is 2. The van der Waals surface area contributed by atoms with E-state index in [4.69, 9.17) is 4.74 Å². The predicted molar refractivity (Wildman–Crippen MR) is 117 cm³/mol. The van der Waals surface area contributed by atoms with Gasteiger partial charge in [-0.3, -0.25) is 9.59 Å². The molecule has 0 spiro atoms. The first-order valence-electron chi connectivity index (χ1n) is 10.3. The van der Waals surface area contributed by atoms with E-state index in [0.717, 1.165) is 36.2 Å². The fraction of sp³-hybridized carbons (Fsp3) is 0.292. The number of aromatic nitrogens is 2. The zero-order valence-corrected chi connectivity index (χ0v) is 17.4. The zero-order valence-electron chi connectivity index (χ0n) is 17.4. The summed E-state index contributed by atoms with van der Waals surface area (Å²) in [5.41, 5.74) is 4.06. The van der Waals surface area contributed by atoms with Crippen molar-refractivity contribution in [2.75, 3.05) is 5.32 Å². The molecule has 0 fully saturated rings. The van der Waals surface area contributed by atoms with Crippen LogP contribution in [0.2, 0.25) is 0 Å². The highest BCUT2D eigenvalue weighted by Gasteiger charge is 2.20. The summed E-state index contributed by atoms with van der Waals surface area (Å²) in [4.78, 5) is 23.1. The lowest BCUT2D eigenvalue weighted by Gasteiger charge is -2.11. The molecule has 0 saturated heterocycles. The minimum atomic E-state index is -0.842. The van der Waals surface area contributed by atoms with Crippen molar-refractivity contribution in [2.45, 2.75) is 45.6 Å². The molecule has 2 aromatic carbocycles. The number of amides is 1. The number of unbranched alkanes of at least 4 members (excludes halogenated alkanes) is 1. The van der Waals surface area contributed by atoms with Gasteiger partial charge in [0.1, 0.15) is 0 Å². The van der Waals surface area contributed by atoms with Gasteiger partial charge in [-0.15, -0.1) is 5.10 Å². The highest BCUT2D eigenvalue weighted by molar-refractivity contribution is 5.94. The molecule has 1 heterocycles. The number of rotatable bonds is 10. The van der Waals surface area contributed by atoms with Crippen LogP contribution in [0.4, 0.5) is 5.82 Å². The maximum Gasteiger partial charge on any atom is 0.293 e. The lowest BCUT2D eigenvalue weighted by atomic mass is 10.0. The monoisotopic (exact) mass is 405 g/mol. The number of carbonyl (C=O) groups is 2. The molecule has 0 aliphatic rings. The molecule has 3 aromatic rings. The van der Waals surface area contributed by atoms with Gasteiger partial charge in [0.2, 0.25) is 0 Å². The number of benzene rings is 2. The van der Waals surface area contributed by atoms with Crippen molar-refractivity contribution in [1.82, 2.24) is 9.78 Å². The van der Waals surface area contributed by atoms with Crippen LogP contribution < -0.4 is 5.32 Å². The maximum absolute atomic E-state index is 12.5. The molecule has 0 aliphatic carbocycles. The number of nitrogens with one attached hydrogen (secondary N) is 1. The summed E-state index contributed by atoms with van der Waals surface area (Å²) < 4.78 is 6.67. The Morgan fingerprint density at radius 2 is 1.93 bits per heavy atom. The Bertz CT molecular complexity index is 982. The van der Waals surface area contributed by atoms with E-state index < -0.39 is 12.0 Å². The smallest absolute Gasteiger partial charge is 0.293 e. The van der Waals surface area contributed by atoms with Crippen molar-refractivity contribution < 1.29 is 14.3 Å². The Balaban J connectivity index is 1.97. The van der Waals surface area contributed by atoms with E-state index in [1.165, 1.54) is 5.56 Å². The minimum Gasteiger partial charge on any atom is -0.454 e. The van der Waals surface area contributed by atoms with Gasteiger partial charge in [0, 0.05) is 11.6 Å². The van der Waals surface area contributed by atoms with E-state index in [9.17, 15) is 9.59 Å². The molecule has 3 rings (SSSR count). The molecule has 6 heteroatoms. The summed E-state index contributed by atoms with van der Waals surface area (Å²) in [7, 11) is 0. The first-order chi connectivity index (χ1) is 14.7. The highest BCUT2D eigenvalue weighted by atomic mass is 16.5. The number of hydrogen-bond donors (Lipinski definition) is 1. The SMILES string of the molecule is CCCCc1cccc(-c2cc(NC(=O)[C@@H](CC)OC=O)nn2-c2ccccc2)c1. The zero-order chi connectivity index (χ0) is 21.3. The van der Waals surface area contributed by atoms with Gasteiger partial charge in [-0.2, -0.15) is 0 Å². The van der Waals surface area contributed by atoms with Crippen molar-refractivity contribution in [1.29, 1.82) is 0 Å². The molecule has 0 bridgehead atoms. The summed E-state index contributed by atoms with van der Waals surface area (Å²) >= 11 is 0. The van der Waals surface area contributed by atoms with E-state index in [2.05, 4.69) is 29.5 Å². The van der Waals surface area contributed by atoms with Crippen LogP contribution in [0.25, 0.3) is 16.9 Å². The fourth-order valence-electron chi connectivity index (χ4n) is 3.30. The van der Waals surface area contributed by atoms with Gasteiger partial charge < -0.3 is 10.1 Å². The molecule has 1 N–H and O–H groups in total. The van der Waals surface area contributed by atoms with Gasteiger partial charge >= 0.3 is 0 Å². The number of nitrogens with zero attached hydrogens (tertiary/aromatic N) is 2. The molecule has 156 valence electrons. The van der Waals surface area contributed by atoms with Crippen molar-refractivity contribution in [3.05, 3.63) is 66.2 Å². The second-order valence-corrected chi connectivity index (χ2v) is 7.08. The lowest BCUT2D eigenvalue weighted by Crippen LogP contribution is -2.29. The minimum absolute atomic E-state index is 0.295. The van der Waals surface area contributed by atoms with Crippen LogP contribution in [0.3, 0.4) is 0 Å². The average molecular weight is 405 g/mol. The van der Waals surface area contributed by atoms with Crippen LogP contribution in [0.5, 0.6) is 0 Å². The number of para-hydroxylation sites is 1. The Morgan fingerprint density at radius 1 is 1.13 bits per heavy atom. The third-order valence-corrected chi connectivity index (χ3v) is 4.89. The summed E-state index contributed by atoms with van der Waals surface area (Å²) in [6.07, 6.45) is 2.84. The number of hydrogen-bond acceptors (Lipinski definition) is 4. The van der Waals surface area contributed by atoms with Gasteiger partial charge in [-0.1, -0.05) is 56.7 Å². The molecular formula is C24H27N3O3. The Hall–Kier alpha value is -3.41. The van der Waals surface area contributed by atoms with E-state index >= 15 is 0 Å². The summed E-state index contributed by atoms with van der Waals surface area (Å²) in [6, 6.07) is 20.0. The van der Waals surface area contributed by atoms with E-state index in [0.29, 0.717) is 18.7 Å². The molecule has 0 unspecified atom stereocenters. The van der Waals surface area contributed by atoms with E-state index in [1.54, 1.807) is 6.92 Å². The van der Waals surface area contributed by atoms with Crippen LogP contribution in [-0.4, -0.2) is 28.3 Å². The number of ether oxygens (including phenoxy) is 1. The number of anilines is 1. The normalized spacial score (nSPS) is 11.7. The summed E-state index contributed by atoms with van der Waals surface area (Å²) in [5, 5.41) is 7.38. The maximum atomic E-state index is 12.5. The first-order valence-corrected chi connectivity index (χ1v) is 10.3. The average Bonchev–Trinajstić information content (AvgIpc) is 3.20. The second-order valence-electron chi connectivity index (χ2n) is 7.08. The van der Waals surface area contributed by atoms with Crippen LogP contribution >= 0.6 is 0 Å². The van der Waals surface area contributed by atoms with Crippen molar-refractivity contribution in [3.8, 4) is 16.9 Å². The van der Waals surface area contributed by atoms with Crippen LogP contribution in [0.1, 0.15) is 38.7 Å². The third kappa shape index (κ3) is 5.14. The largest absolute Gasteiger partial charge is 0.454 e. The molecule has 6 nitrogen and oxygen atoms in total. The number of aryl methyl sites for hydroxylation is 1. The van der Waals surface area contributed by atoms with Crippen molar-refractivity contribution >= 4 is 18.2 Å². The third-order valence-electron chi connectivity index (χ3n) is 4.89. The van der Waals surface area contributed by atoms with E-state index in [-0.39, 0.29) is 0 Å². The predicted octanol–water partition coefficient (Wildman–Crippen LogP) is 4.77. The highest BCUT2D eigenvalue weighted by Crippen LogP contribution is 2.27. The van der Waals surface area contributed by atoms with Gasteiger partial charge in [-0.05, 0) is 43.0 Å². The van der Waals surface area contributed by atoms with Crippen LogP contribution in [0, 0.1) is 0 Å². The quantitative estimate of drug-likeness (QED) is 0.493. The van der Waals surface area contributed by atoms with Gasteiger partial charge in [0.25, 0.3) is 12.4 Å². The van der Waals surface area contributed by atoms with Crippen LogP contribution in [-0.2, 0) is 20.7 Å². The van der Waals surface area contributed by atoms with Crippen LogP contribution in [0.15, 0.2) is 60.7 Å². The molecule has 0 aliphatic heterocycles. The molecule has 1 atom stereocenters. The summed E-state index contributed by atoms with van der Waals surface area (Å²) in [6.45, 7) is 4.26. The Morgan fingerprint density at radius 3 is 2.63 bits per heavy atom. The first kappa shape index (κ1) is 21.3. The van der Waals surface area contributed by atoms with Gasteiger partial charge in [0.15, 0.2) is 11.9 Å². The van der Waals surface area contributed by atoms with Gasteiger partial charge in [-0.25, -0.2) is 4.68 Å².